The Bertz CT molecular complexity index is 535. The highest BCUT2D eigenvalue weighted by atomic mass is 32.1. The SMILES string of the molecule is CC(C)CNCc1ncc(-c2cc3c(s2)CCC3)o1. The molecule has 0 atom stereocenters. The van der Waals surface area contributed by atoms with E-state index in [0.717, 1.165) is 18.2 Å². The molecule has 2 heterocycles. The van der Waals surface area contributed by atoms with Crippen molar-refractivity contribution < 1.29 is 4.42 Å². The first-order valence-electron chi connectivity index (χ1n) is 7.00. The lowest BCUT2D eigenvalue weighted by molar-refractivity contribution is 0.459. The Morgan fingerprint density at radius 2 is 2.32 bits per heavy atom. The van der Waals surface area contributed by atoms with Gasteiger partial charge in [0.1, 0.15) is 0 Å². The number of aromatic nitrogens is 1. The van der Waals surface area contributed by atoms with Crippen LogP contribution in [0.25, 0.3) is 10.6 Å². The molecule has 4 heteroatoms. The standard InChI is InChI=1S/C15H20N2OS/c1-10(2)7-16-9-15-17-8-12(18-15)14-6-11-4-3-5-13(11)19-14/h6,8,10,16H,3-5,7,9H2,1-2H3. The van der Waals surface area contributed by atoms with Crippen LogP contribution in [-0.4, -0.2) is 11.5 Å². The summed E-state index contributed by atoms with van der Waals surface area (Å²) >= 11 is 1.86. The first-order chi connectivity index (χ1) is 9.22. The van der Waals surface area contributed by atoms with Gasteiger partial charge in [-0.05, 0) is 43.4 Å². The summed E-state index contributed by atoms with van der Waals surface area (Å²) in [5, 5.41) is 3.35. The van der Waals surface area contributed by atoms with Gasteiger partial charge in [0, 0.05) is 4.88 Å². The van der Waals surface area contributed by atoms with E-state index in [0.29, 0.717) is 12.5 Å². The van der Waals surface area contributed by atoms with Crippen LogP contribution in [0.2, 0.25) is 0 Å². The molecule has 2 aromatic heterocycles. The fourth-order valence-corrected chi connectivity index (χ4v) is 3.62. The predicted octanol–water partition coefficient (Wildman–Crippen LogP) is 3.64. The molecular formula is C15H20N2OS. The molecule has 1 aliphatic carbocycles. The first-order valence-corrected chi connectivity index (χ1v) is 7.81. The second-order valence-electron chi connectivity index (χ2n) is 5.56. The molecule has 0 unspecified atom stereocenters. The van der Waals surface area contributed by atoms with E-state index >= 15 is 0 Å². The van der Waals surface area contributed by atoms with Crippen LogP contribution in [0.4, 0.5) is 0 Å². The van der Waals surface area contributed by atoms with Crippen molar-refractivity contribution in [3.05, 3.63) is 28.6 Å². The molecule has 1 N–H and O–H groups in total. The number of hydrogen-bond acceptors (Lipinski definition) is 4. The van der Waals surface area contributed by atoms with Crippen molar-refractivity contribution >= 4 is 11.3 Å². The Morgan fingerprint density at radius 1 is 1.42 bits per heavy atom. The molecule has 3 rings (SSSR count). The monoisotopic (exact) mass is 276 g/mol. The third-order valence-corrected chi connectivity index (χ3v) is 4.62. The lowest BCUT2D eigenvalue weighted by Gasteiger charge is -2.04. The van der Waals surface area contributed by atoms with Gasteiger partial charge in [-0.15, -0.1) is 11.3 Å². The molecule has 0 radical (unpaired) electrons. The molecule has 19 heavy (non-hydrogen) atoms. The van der Waals surface area contributed by atoms with E-state index in [1.165, 1.54) is 34.6 Å². The maximum absolute atomic E-state index is 5.83. The molecule has 0 saturated carbocycles. The lowest BCUT2D eigenvalue weighted by Crippen LogP contribution is -2.18. The van der Waals surface area contributed by atoms with Crippen LogP contribution in [-0.2, 0) is 19.4 Å². The number of aryl methyl sites for hydroxylation is 2. The molecule has 0 aliphatic heterocycles. The Morgan fingerprint density at radius 3 is 3.11 bits per heavy atom. The van der Waals surface area contributed by atoms with Crippen molar-refractivity contribution in [1.82, 2.24) is 10.3 Å². The van der Waals surface area contributed by atoms with E-state index in [1.54, 1.807) is 0 Å². The van der Waals surface area contributed by atoms with Crippen molar-refractivity contribution in [2.24, 2.45) is 5.92 Å². The van der Waals surface area contributed by atoms with Gasteiger partial charge in [0.15, 0.2) is 5.76 Å². The average Bonchev–Trinajstić information content (AvgIpc) is 3.01. The van der Waals surface area contributed by atoms with E-state index in [1.807, 2.05) is 17.5 Å². The molecule has 0 bridgehead atoms. The van der Waals surface area contributed by atoms with Crippen LogP contribution in [0.5, 0.6) is 0 Å². The van der Waals surface area contributed by atoms with Gasteiger partial charge in [0.05, 0.1) is 17.6 Å². The summed E-state index contributed by atoms with van der Waals surface area (Å²) in [6, 6.07) is 2.28. The number of nitrogens with zero attached hydrogens (tertiary/aromatic N) is 1. The third-order valence-electron chi connectivity index (χ3n) is 3.37. The zero-order chi connectivity index (χ0) is 13.2. The van der Waals surface area contributed by atoms with Crippen molar-refractivity contribution in [3.8, 4) is 10.6 Å². The summed E-state index contributed by atoms with van der Waals surface area (Å²) in [4.78, 5) is 7.11. The van der Waals surface area contributed by atoms with Gasteiger partial charge in [-0.1, -0.05) is 13.8 Å². The Kier molecular flexibility index (Phi) is 3.71. The van der Waals surface area contributed by atoms with Crippen molar-refractivity contribution in [2.75, 3.05) is 6.54 Å². The maximum atomic E-state index is 5.83. The van der Waals surface area contributed by atoms with Crippen LogP contribution >= 0.6 is 11.3 Å². The molecule has 1 aliphatic rings. The number of thiophene rings is 1. The van der Waals surface area contributed by atoms with E-state index in [2.05, 4.69) is 30.2 Å². The van der Waals surface area contributed by atoms with E-state index in [9.17, 15) is 0 Å². The minimum Gasteiger partial charge on any atom is -0.438 e. The van der Waals surface area contributed by atoms with Crippen LogP contribution < -0.4 is 5.32 Å². The van der Waals surface area contributed by atoms with E-state index in [4.69, 9.17) is 4.42 Å². The number of oxazole rings is 1. The van der Waals surface area contributed by atoms with Crippen molar-refractivity contribution in [1.29, 1.82) is 0 Å². The molecule has 3 nitrogen and oxygen atoms in total. The van der Waals surface area contributed by atoms with Gasteiger partial charge >= 0.3 is 0 Å². The highest BCUT2D eigenvalue weighted by Crippen LogP contribution is 2.36. The van der Waals surface area contributed by atoms with Gasteiger partial charge in [0.25, 0.3) is 0 Å². The Labute approximate surface area is 118 Å². The second kappa shape index (κ2) is 5.47. The van der Waals surface area contributed by atoms with Gasteiger partial charge in [0.2, 0.25) is 5.89 Å². The summed E-state index contributed by atoms with van der Waals surface area (Å²) in [6.07, 6.45) is 5.62. The zero-order valence-corrected chi connectivity index (χ0v) is 12.3. The van der Waals surface area contributed by atoms with Gasteiger partial charge in [-0.25, -0.2) is 4.98 Å². The van der Waals surface area contributed by atoms with Crippen molar-refractivity contribution in [2.45, 2.75) is 39.7 Å². The lowest BCUT2D eigenvalue weighted by atomic mass is 10.2. The molecule has 0 saturated heterocycles. The minimum atomic E-state index is 0.648. The van der Waals surface area contributed by atoms with Crippen LogP contribution in [0, 0.1) is 5.92 Å². The normalized spacial score (nSPS) is 14.3. The molecule has 0 aromatic carbocycles. The maximum Gasteiger partial charge on any atom is 0.208 e. The van der Waals surface area contributed by atoms with Crippen LogP contribution in [0.3, 0.4) is 0 Å². The van der Waals surface area contributed by atoms with Crippen LogP contribution in [0.15, 0.2) is 16.7 Å². The zero-order valence-electron chi connectivity index (χ0n) is 11.5. The summed E-state index contributed by atoms with van der Waals surface area (Å²) in [7, 11) is 0. The smallest absolute Gasteiger partial charge is 0.208 e. The summed E-state index contributed by atoms with van der Waals surface area (Å²) in [5.74, 6) is 2.35. The predicted molar refractivity (Wildman–Crippen MR) is 78.4 cm³/mol. The van der Waals surface area contributed by atoms with E-state index in [-0.39, 0.29) is 0 Å². The number of fused-ring (bicyclic) bond motifs is 1. The molecule has 0 amide bonds. The second-order valence-corrected chi connectivity index (χ2v) is 6.69. The number of nitrogens with one attached hydrogen (secondary N) is 1. The highest BCUT2D eigenvalue weighted by Gasteiger charge is 2.17. The fourth-order valence-electron chi connectivity index (χ4n) is 2.42. The minimum absolute atomic E-state index is 0.648. The summed E-state index contributed by atoms with van der Waals surface area (Å²) in [6.45, 7) is 6.09. The van der Waals surface area contributed by atoms with E-state index < -0.39 is 0 Å². The molecule has 0 spiro atoms. The summed E-state index contributed by atoms with van der Waals surface area (Å²) in [5.41, 5.74) is 1.51. The Balaban J connectivity index is 1.66. The number of rotatable bonds is 5. The highest BCUT2D eigenvalue weighted by molar-refractivity contribution is 7.15. The first kappa shape index (κ1) is 12.9. The Hall–Kier alpha value is -1.13. The van der Waals surface area contributed by atoms with Gasteiger partial charge in [-0.2, -0.15) is 0 Å². The van der Waals surface area contributed by atoms with Gasteiger partial charge in [-0.3, -0.25) is 0 Å². The third kappa shape index (κ3) is 2.90. The average molecular weight is 276 g/mol. The van der Waals surface area contributed by atoms with Crippen LogP contribution in [0.1, 0.15) is 36.6 Å². The molecule has 2 aromatic rings. The largest absolute Gasteiger partial charge is 0.438 e. The molecule has 0 fully saturated rings. The fraction of sp³-hybridized carbons (Fsp3) is 0.533. The topological polar surface area (TPSA) is 38.1 Å². The number of hydrogen-bond donors (Lipinski definition) is 1. The molecular weight excluding hydrogens is 256 g/mol. The summed E-state index contributed by atoms with van der Waals surface area (Å²) < 4.78 is 5.83. The van der Waals surface area contributed by atoms with Gasteiger partial charge < -0.3 is 9.73 Å². The molecule has 102 valence electrons. The van der Waals surface area contributed by atoms with Crippen molar-refractivity contribution in [3.63, 3.8) is 0 Å². The quantitative estimate of drug-likeness (QED) is 0.906.